The molecule has 0 radical (unpaired) electrons. The Kier molecular flexibility index (Phi) is 4.47. The van der Waals surface area contributed by atoms with E-state index in [2.05, 4.69) is 10.5 Å². The van der Waals surface area contributed by atoms with Gasteiger partial charge >= 0.3 is 0 Å². The van der Waals surface area contributed by atoms with Crippen LogP contribution in [0.4, 0.5) is 5.88 Å². The van der Waals surface area contributed by atoms with Gasteiger partial charge in [0.05, 0.1) is 26.0 Å². The maximum Gasteiger partial charge on any atom is 0.258 e. The number of carbonyl (C=O) groups excluding carboxylic acids is 1. The highest BCUT2D eigenvalue weighted by molar-refractivity contribution is 6.05. The molecule has 0 saturated carbocycles. The van der Waals surface area contributed by atoms with Crippen LogP contribution in [0, 0.1) is 0 Å². The van der Waals surface area contributed by atoms with E-state index in [1.165, 1.54) is 0 Å². The third-order valence-corrected chi connectivity index (χ3v) is 3.53. The molecule has 1 amide bonds. The van der Waals surface area contributed by atoms with Crippen LogP contribution in [0.1, 0.15) is 10.4 Å². The maximum absolute atomic E-state index is 12.4. The minimum Gasteiger partial charge on any atom is -0.497 e. The number of benzene rings is 2. The Morgan fingerprint density at radius 1 is 1.04 bits per heavy atom. The highest BCUT2D eigenvalue weighted by Gasteiger charge is 2.15. The average Bonchev–Trinajstić information content (AvgIpc) is 3.10. The van der Waals surface area contributed by atoms with Crippen molar-refractivity contribution in [1.82, 2.24) is 5.16 Å². The number of nitrogens with one attached hydrogen (secondary N) is 1. The van der Waals surface area contributed by atoms with Gasteiger partial charge in [0, 0.05) is 5.56 Å². The van der Waals surface area contributed by atoms with Gasteiger partial charge in [0.1, 0.15) is 11.5 Å². The first-order chi connectivity index (χ1) is 11.7. The number of anilines is 1. The second-order valence-corrected chi connectivity index (χ2v) is 4.98. The fourth-order valence-electron chi connectivity index (χ4n) is 2.25. The fraction of sp³-hybridized carbons (Fsp3) is 0.111. The van der Waals surface area contributed by atoms with E-state index in [0.717, 1.165) is 11.3 Å². The van der Waals surface area contributed by atoms with Gasteiger partial charge in [-0.05, 0) is 35.9 Å². The molecule has 0 spiro atoms. The summed E-state index contributed by atoms with van der Waals surface area (Å²) in [6.07, 6.45) is 1.56. The Morgan fingerprint density at radius 3 is 2.50 bits per heavy atom. The number of hydrogen-bond donors (Lipinski definition) is 1. The van der Waals surface area contributed by atoms with Crippen LogP contribution in [0.15, 0.2) is 59.3 Å². The first kappa shape index (κ1) is 15.6. The van der Waals surface area contributed by atoms with Crippen LogP contribution < -0.4 is 14.8 Å². The third-order valence-electron chi connectivity index (χ3n) is 3.53. The molecule has 0 atom stereocenters. The number of methoxy groups -OCH3 is 2. The van der Waals surface area contributed by atoms with Crippen molar-refractivity contribution >= 4 is 11.8 Å². The summed E-state index contributed by atoms with van der Waals surface area (Å²) in [5.74, 6) is 1.33. The summed E-state index contributed by atoms with van der Waals surface area (Å²) < 4.78 is 15.4. The Morgan fingerprint density at radius 2 is 1.79 bits per heavy atom. The van der Waals surface area contributed by atoms with Crippen molar-refractivity contribution in [3.05, 3.63) is 60.3 Å². The maximum atomic E-state index is 12.4. The summed E-state index contributed by atoms with van der Waals surface area (Å²) in [5, 5.41) is 6.51. The lowest BCUT2D eigenvalue weighted by Gasteiger charge is -2.06. The van der Waals surface area contributed by atoms with E-state index in [9.17, 15) is 4.79 Å². The second kappa shape index (κ2) is 6.87. The molecule has 0 aliphatic carbocycles. The molecule has 0 bridgehead atoms. The second-order valence-electron chi connectivity index (χ2n) is 4.98. The van der Waals surface area contributed by atoms with Gasteiger partial charge in [-0.3, -0.25) is 10.1 Å². The standard InChI is InChI=1S/C18H16N2O4/c1-22-14-8-6-12(7-9-14)16-11-19-24-18(16)20-17(21)13-4-3-5-15(10-13)23-2/h3-11H,1-2H3,(H,20,21). The summed E-state index contributed by atoms with van der Waals surface area (Å²) in [6, 6.07) is 14.3. The average molecular weight is 324 g/mol. The summed E-state index contributed by atoms with van der Waals surface area (Å²) in [5.41, 5.74) is 2.01. The number of nitrogens with zero attached hydrogens (tertiary/aromatic N) is 1. The smallest absolute Gasteiger partial charge is 0.258 e. The molecule has 24 heavy (non-hydrogen) atoms. The van der Waals surface area contributed by atoms with Gasteiger partial charge in [-0.15, -0.1) is 0 Å². The van der Waals surface area contributed by atoms with Crippen LogP contribution in [0.5, 0.6) is 11.5 Å². The highest BCUT2D eigenvalue weighted by Crippen LogP contribution is 2.29. The molecule has 6 nitrogen and oxygen atoms in total. The molecule has 2 aromatic carbocycles. The van der Waals surface area contributed by atoms with E-state index in [4.69, 9.17) is 14.0 Å². The van der Waals surface area contributed by atoms with Gasteiger partial charge in [-0.2, -0.15) is 0 Å². The molecule has 122 valence electrons. The topological polar surface area (TPSA) is 73.6 Å². The van der Waals surface area contributed by atoms with Crippen molar-refractivity contribution in [2.45, 2.75) is 0 Å². The van der Waals surface area contributed by atoms with Crippen LogP contribution >= 0.6 is 0 Å². The Balaban J connectivity index is 1.83. The van der Waals surface area contributed by atoms with E-state index >= 15 is 0 Å². The zero-order valence-electron chi connectivity index (χ0n) is 13.3. The van der Waals surface area contributed by atoms with Crippen LogP contribution in [-0.2, 0) is 0 Å². The molecule has 0 aliphatic rings. The lowest BCUT2D eigenvalue weighted by molar-refractivity contribution is 0.102. The van der Waals surface area contributed by atoms with E-state index in [-0.39, 0.29) is 11.8 Å². The molecule has 1 N–H and O–H groups in total. The van der Waals surface area contributed by atoms with E-state index in [1.807, 2.05) is 24.3 Å². The molecule has 1 heterocycles. The molecule has 3 rings (SSSR count). The van der Waals surface area contributed by atoms with Gasteiger partial charge in [0.25, 0.3) is 5.91 Å². The zero-order valence-corrected chi connectivity index (χ0v) is 13.3. The van der Waals surface area contributed by atoms with Crippen molar-refractivity contribution in [3.63, 3.8) is 0 Å². The molecule has 0 unspecified atom stereocenters. The number of rotatable bonds is 5. The van der Waals surface area contributed by atoms with Crippen LogP contribution in [-0.4, -0.2) is 25.3 Å². The van der Waals surface area contributed by atoms with Crippen LogP contribution in [0.25, 0.3) is 11.1 Å². The minimum absolute atomic E-state index is 0.285. The SMILES string of the molecule is COc1ccc(-c2cnoc2NC(=O)c2cccc(OC)c2)cc1. The Labute approximate surface area is 139 Å². The number of hydrogen-bond acceptors (Lipinski definition) is 5. The first-order valence-corrected chi connectivity index (χ1v) is 7.26. The highest BCUT2D eigenvalue weighted by atomic mass is 16.5. The lowest BCUT2D eigenvalue weighted by Crippen LogP contribution is -2.12. The third kappa shape index (κ3) is 3.22. The molecular formula is C18H16N2O4. The van der Waals surface area contributed by atoms with Gasteiger partial charge in [0.15, 0.2) is 0 Å². The van der Waals surface area contributed by atoms with E-state index < -0.39 is 0 Å². The van der Waals surface area contributed by atoms with Crippen molar-refractivity contribution in [1.29, 1.82) is 0 Å². The molecule has 0 saturated heterocycles. The number of ether oxygens (including phenoxy) is 2. The van der Waals surface area contributed by atoms with Crippen molar-refractivity contribution in [2.75, 3.05) is 19.5 Å². The summed E-state index contributed by atoms with van der Waals surface area (Å²) in [4.78, 5) is 12.4. The minimum atomic E-state index is -0.305. The molecular weight excluding hydrogens is 308 g/mol. The summed E-state index contributed by atoms with van der Waals surface area (Å²) >= 11 is 0. The number of amides is 1. The van der Waals surface area contributed by atoms with Crippen LogP contribution in [0.2, 0.25) is 0 Å². The molecule has 0 aliphatic heterocycles. The summed E-state index contributed by atoms with van der Waals surface area (Å²) in [6.45, 7) is 0. The molecule has 3 aromatic rings. The van der Waals surface area contributed by atoms with Crippen LogP contribution in [0.3, 0.4) is 0 Å². The zero-order chi connectivity index (χ0) is 16.9. The first-order valence-electron chi connectivity index (χ1n) is 7.26. The van der Waals surface area contributed by atoms with E-state index in [0.29, 0.717) is 16.9 Å². The largest absolute Gasteiger partial charge is 0.497 e. The molecule has 0 fully saturated rings. The van der Waals surface area contributed by atoms with E-state index in [1.54, 1.807) is 44.7 Å². The van der Waals surface area contributed by atoms with Crippen molar-refractivity contribution in [3.8, 4) is 22.6 Å². The predicted molar refractivity (Wildman–Crippen MR) is 89.4 cm³/mol. The molecule has 6 heteroatoms. The van der Waals surface area contributed by atoms with Gasteiger partial charge in [-0.1, -0.05) is 23.4 Å². The number of carbonyl (C=O) groups is 1. The fourth-order valence-corrected chi connectivity index (χ4v) is 2.25. The van der Waals surface area contributed by atoms with Crippen molar-refractivity contribution < 1.29 is 18.8 Å². The Bertz CT molecular complexity index is 840. The Hall–Kier alpha value is -3.28. The molecule has 1 aromatic heterocycles. The summed E-state index contributed by atoms with van der Waals surface area (Å²) in [7, 11) is 3.16. The van der Waals surface area contributed by atoms with Crippen molar-refractivity contribution in [2.24, 2.45) is 0 Å². The predicted octanol–water partition coefficient (Wildman–Crippen LogP) is 3.61. The normalized spacial score (nSPS) is 10.2. The number of aromatic nitrogens is 1. The lowest BCUT2D eigenvalue weighted by atomic mass is 10.1. The van der Waals surface area contributed by atoms with Gasteiger partial charge in [-0.25, -0.2) is 0 Å². The monoisotopic (exact) mass is 324 g/mol. The van der Waals surface area contributed by atoms with Gasteiger partial charge < -0.3 is 14.0 Å². The quantitative estimate of drug-likeness (QED) is 0.776. The van der Waals surface area contributed by atoms with Gasteiger partial charge in [0.2, 0.25) is 5.88 Å².